The van der Waals surface area contributed by atoms with E-state index in [0.29, 0.717) is 23.0 Å². The van der Waals surface area contributed by atoms with E-state index >= 15 is 0 Å². The lowest BCUT2D eigenvalue weighted by Crippen LogP contribution is -2.13. The fourth-order valence-electron chi connectivity index (χ4n) is 3.77. The van der Waals surface area contributed by atoms with Crippen molar-refractivity contribution in [1.29, 1.82) is 0 Å². The second kappa shape index (κ2) is 16.1. The van der Waals surface area contributed by atoms with Crippen LogP contribution in [0.2, 0.25) is 10.0 Å². The maximum atomic E-state index is 12.2. The monoisotopic (exact) mass is 476 g/mol. The SMILES string of the molecule is CCCCCCCCCCCCC(=O)Nc1ccc(CNCc2cc(Cl)cc(Cl)c2)cc1. The summed E-state index contributed by atoms with van der Waals surface area (Å²) in [5, 5.41) is 7.69. The van der Waals surface area contributed by atoms with E-state index in [4.69, 9.17) is 23.2 Å². The molecule has 0 spiro atoms. The van der Waals surface area contributed by atoms with Crippen LogP contribution in [0.15, 0.2) is 42.5 Å². The number of rotatable bonds is 16. The molecule has 0 bridgehead atoms. The molecule has 32 heavy (non-hydrogen) atoms. The Kier molecular flexibility index (Phi) is 13.5. The predicted octanol–water partition coefficient (Wildman–Crippen LogP) is 8.53. The molecule has 0 aliphatic carbocycles. The van der Waals surface area contributed by atoms with Crippen LogP contribution >= 0.6 is 23.2 Å². The number of carbonyl (C=O) groups is 1. The molecule has 0 fully saturated rings. The highest BCUT2D eigenvalue weighted by Gasteiger charge is 2.03. The lowest BCUT2D eigenvalue weighted by molar-refractivity contribution is -0.116. The average molecular weight is 478 g/mol. The average Bonchev–Trinajstić information content (AvgIpc) is 2.75. The first-order valence-electron chi connectivity index (χ1n) is 12.1. The van der Waals surface area contributed by atoms with Crippen LogP contribution in [0.3, 0.4) is 0 Å². The van der Waals surface area contributed by atoms with E-state index in [1.165, 1.54) is 51.4 Å². The summed E-state index contributed by atoms with van der Waals surface area (Å²) in [6, 6.07) is 13.5. The molecule has 0 unspecified atom stereocenters. The van der Waals surface area contributed by atoms with Crippen molar-refractivity contribution in [3.05, 3.63) is 63.6 Å². The van der Waals surface area contributed by atoms with Crippen LogP contribution in [0.4, 0.5) is 5.69 Å². The van der Waals surface area contributed by atoms with Gasteiger partial charge in [-0.05, 0) is 47.9 Å². The van der Waals surface area contributed by atoms with Crippen LogP contribution in [0.5, 0.6) is 0 Å². The molecule has 2 aromatic rings. The van der Waals surface area contributed by atoms with E-state index in [0.717, 1.165) is 36.2 Å². The summed E-state index contributed by atoms with van der Waals surface area (Å²) in [5.41, 5.74) is 3.07. The van der Waals surface area contributed by atoms with Gasteiger partial charge in [-0.25, -0.2) is 0 Å². The molecule has 0 aromatic heterocycles. The van der Waals surface area contributed by atoms with Gasteiger partial charge in [-0.15, -0.1) is 0 Å². The Balaban J connectivity index is 1.55. The van der Waals surface area contributed by atoms with Gasteiger partial charge in [-0.1, -0.05) is 100 Å². The van der Waals surface area contributed by atoms with Crippen molar-refractivity contribution in [2.24, 2.45) is 0 Å². The molecule has 0 aliphatic rings. The number of hydrogen-bond acceptors (Lipinski definition) is 2. The van der Waals surface area contributed by atoms with Gasteiger partial charge in [-0.3, -0.25) is 4.79 Å². The maximum Gasteiger partial charge on any atom is 0.224 e. The van der Waals surface area contributed by atoms with E-state index in [1.807, 2.05) is 36.4 Å². The van der Waals surface area contributed by atoms with Gasteiger partial charge in [-0.2, -0.15) is 0 Å². The fraction of sp³-hybridized carbons (Fsp3) is 0.519. The first-order valence-corrected chi connectivity index (χ1v) is 12.9. The molecule has 2 rings (SSSR count). The topological polar surface area (TPSA) is 41.1 Å². The molecule has 0 radical (unpaired) electrons. The van der Waals surface area contributed by atoms with E-state index in [1.54, 1.807) is 6.07 Å². The van der Waals surface area contributed by atoms with Crippen molar-refractivity contribution >= 4 is 34.8 Å². The second-order valence-electron chi connectivity index (χ2n) is 8.56. The molecule has 5 heteroatoms. The molecule has 0 heterocycles. The minimum Gasteiger partial charge on any atom is -0.326 e. The highest BCUT2D eigenvalue weighted by molar-refractivity contribution is 6.34. The third-order valence-corrected chi connectivity index (χ3v) is 6.01. The molecule has 176 valence electrons. The first-order chi connectivity index (χ1) is 15.6. The Morgan fingerprint density at radius 2 is 1.25 bits per heavy atom. The van der Waals surface area contributed by atoms with Gasteiger partial charge in [0, 0.05) is 35.2 Å². The summed E-state index contributed by atoms with van der Waals surface area (Å²) in [5.74, 6) is 0.105. The van der Waals surface area contributed by atoms with Gasteiger partial charge in [0.15, 0.2) is 0 Å². The Morgan fingerprint density at radius 3 is 1.84 bits per heavy atom. The van der Waals surface area contributed by atoms with Gasteiger partial charge in [0.05, 0.1) is 0 Å². The molecular weight excluding hydrogens is 439 g/mol. The third-order valence-electron chi connectivity index (χ3n) is 5.58. The number of carbonyl (C=O) groups excluding carboxylic acids is 1. The van der Waals surface area contributed by atoms with Gasteiger partial charge >= 0.3 is 0 Å². The number of halogens is 2. The lowest BCUT2D eigenvalue weighted by Gasteiger charge is -2.09. The fourth-order valence-corrected chi connectivity index (χ4v) is 4.34. The van der Waals surface area contributed by atoms with Crippen molar-refractivity contribution in [2.45, 2.75) is 90.6 Å². The third kappa shape index (κ3) is 11.9. The van der Waals surface area contributed by atoms with Crippen LogP contribution in [0, 0.1) is 0 Å². The highest BCUT2D eigenvalue weighted by Crippen LogP contribution is 2.19. The van der Waals surface area contributed by atoms with Crippen molar-refractivity contribution in [3.8, 4) is 0 Å². The molecule has 2 aromatic carbocycles. The molecular formula is C27H38Cl2N2O. The lowest BCUT2D eigenvalue weighted by atomic mass is 10.1. The van der Waals surface area contributed by atoms with Crippen LogP contribution < -0.4 is 10.6 Å². The van der Waals surface area contributed by atoms with Gasteiger partial charge in [0.25, 0.3) is 0 Å². The zero-order valence-electron chi connectivity index (χ0n) is 19.4. The van der Waals surface area contributed by atoms with Gasteiger partial charge in [0.2, 0.25) is 5.91 Å². The van der Waals surface area contributed by atoms with Crippen molar-refractivity contribution < 1.29 is 4.79 Å². The highest BCUT2D eigenvalue weighted by atomic mass is 35.5. The molecule has 2 N–H and O–H groups in total. The quantitative estimate of drug-likeness (QED) is 0.238. The summed E-state index contributed by atoms with van der Waals surface area (Å²) in [4.78, 5) is 12.2. The standard InChI is InChI=1S/C27H38Cl2N2O/c1-2-3-4-5-6-7-8-9-10-11-12-27(32)31-26-15-13-22(14-16-26)20-30-21-23-17-24(28)19-25(29)18-23/h13-19,30H,2-12,20-21H2,1H3,(H,31,32). The molecule has 0 saturated heterocycles. The smallest absolute Gasteiger partial charge is 0.224 e. The predicted molar refractivity (Wildman–Crippen MR) is 139 cm³/mol. The van der Waals surface area contributed by atoms with Crippen molar-refractivity contribution in [2.75, 3.05) is 5.32 Å². The number of hydrogen-bond donors (Lipinski definition) is 2. The molecule has 0 aliphatic heterocycles. The number of benzene rings is 2. The Labute approximate surface area is 204 Å². The van der Waals surface area contributed by atoms with E-state index in [-0.39, 0.29) is 5.91 Å². The van der Waals surface area contributed by atoms with Gasteiger partial charge in [0.1, 0.15) is 0 Å². The summed E-state index contributed by atoms with van der Waals surface area (Å²) < 4.78 is 0. The first kappa shape index (κ1) is 26.7. The van der Waals surface area contributed by atoms with Crippen molar-refractivity contribution in [3.63, 3.8) is 0 Å². The van der Waals surface area contributed by atoms with E-state index < -0.39 is 0 Å². The Bertz CT molecular complexity index is 772. The number of amides is 1. The largest absolute Gasteiger partial charge is 0.326 e. The number of nitrogens with one attached hydrogen (secondary N) is 2. The zero-order chi connectivity index (χ0) is 23.0. The van der Waals surface area contributed by atoms with Crippen LogP contribution in [-0.2, 0) is 17.9 Å². The molecule has 1 amide bonds. The minimum absolute atomic E-state index is 0.105. The zero-order valence-corrected chi connectivity index (χ0v) is 20.9. The Morgan fingerprint density at radius 1 is 0.719 bits per heavy atom. The van der Waals surface area contributed by atoms with Crippen LogP contribution in [-0.4, -0.2) is 5.91 Å². The molecule has 0 atom stereocenters. The van der Waals surface area contributed by atoms with E-state index in [9.17, 15) is 4.79 Å². The number of anilines is 1. The van der Waals surface area contributed by atoms with Crippen molar-refractivity contribution in [1.82, 2.24) is 5.32 Å². The van der Waals surface area contributed by atoms with Crippen LogP contribution in [0.1, 0.15) is 88.7 Å². The summed E-state index contributed by atoms with van der Waals surface area (Å²) in [7, 11) is 0. The summed E-state index contributed by atoms with van der Waals surface area (Å²) in [6.45, 7) is 3.68. The normalized spacial score (nSPS) is 11.0. The molecule has 3 nitrogen and oxygen atoms in total. The second-order valence-corrected chi connectivity index (χ2v) is 9.43. The minimum atomic E-state index is 0.105. The van der Waals surface area contributed by atoms with Crippen LogP contribution in [0.25, 0.3) is 0 Å². The Hall–Kier alpha value is -1.55. The molecule has 0 saturated carbocycles. The summed E-state index contributed by atoms with van der Waals surface area (Å²) >= 11 is 12.1. The van der Waals surface area contributed by atoms with E-state index in [2.05, 4.69) is 17.6 Å². The number of unbranched alkanes of at least 4 members (excludes halogenated alkanes) is 9. The van der Waals surface area contributed by atoms with Gasteiger partial charge < -0.3 is 10.6 Å². The maximum absolute atomic E-state index is 12.2. The summed E-state index contributed by atoms with van der Waals surface area (Å²) in [6.07, 6.45) is 13.4.